The van der Waals surface area contributed by atoms with Crippen molar-refractivity contribution in [1.82, 2.24) is 0 Å². The van der Waals surface area contributed by atoms with Crippen LogP contribution in [0.15, 0.2) is 12.2 Å². The topological polar surface area (TPSA) is 35.2 Å². The Morgan fingerprint density at radius 1 is 1.55 bits per heavy atom. The molecule has 66 valence electrons. The number of halogens is 3. The van der Waals surface area contributed by atoms with Crippen LogP contribution in [0.25, 0.3) is 0 Å². The Labute approximate surface area is 81.2 Å². The highest BCUT2D eigenvalue weighted by molar-refractivity contribution is 6.68. The van der Waals surface area contributed by atoms with E-state index in [1.54, 1.807) is 6.08 Å². The summed E-state index contributed by atoms with van der Waals surface area (Å²) in [6.45, 7) is 2.22. The molecule has 0 radical (unpaired) electrons. The highest BCUT2D eigenvalue weighted by atomic mass is 35.6. The number of hydrogen-bond acceptors (Lipinski definition) is 2. The lowest BCUT2D eigenvalue weighted by Gasteiger charge is -2.19. The molecule has 0 aliphatic carbocycles. The van der Waals surface area contributed by atoms with Crippen LogP contribution in [0.2, 0.25) is 0 Å². The van der Waals surface area contributed by atoms with Crippen LogP contribution in [0.5, 0.6) is 0 Å². The summed E-state index contributed by atoms with van der Waals surface area (Å²) in [7, 11) is 0. The first-order valence-electron chi connectivity index (χ1n) is 3.03. The van der Waals surface area contributed by atoms with Gasteiger partial charge in [-0.3, -0.25) is 0 Å². The molecule has 0 heterocycles. The molecule has 0 saturated heterocycles. The van der Waals surface area contributed by atoms with E-state index < -0.39 is 10.0 Å². The number of rotatable bonds is 3. The molecule has 0 aliphatic rings. The van der Waals surface area contributed by atoms with E-state index >= 15 is 0 Å². The maximum atomic E-state index is 5.42. The molecule has 1 atom stereocenters. The van der Waals surface area contributed by atoms with E-state index in [1.165, 1.54) is 0 Å². The Morgan fingerprint density at radius 3 is 2.45 bits per heavy atom. The fourth-order valence-electron chi connectivity index (χ4n) is 0.350. The van der Waals surface area contributed by atoms with Crippen molar-refractivity contribution in [2.24, 2.45) is 5.73 Å². The van der Waals surface area contributed by atoms with Gasteiger partial charge in [0.25, 0.3) is 0 Å². The summed E-state index contributed by atoms with van der Waals surface area (Å²) in [4.78, 5) is 0. The molecule has 1 unspecified atom stereocenters. The molecule has 0 spiro atoms. The lowest BCUT2D eigenvalue weighted by molar-refractivity contribution is 0.0822. The zero-order valence-corrected chi connectivity index (χ0v) is 8.33. The lowest BCUT2D eigenvalue weighted by Crippen LogP contribution is -2.37. The second kappa shape index (κ2) is 5.22. The van der Waals surface area contributed by atoms with Crippen LogP contribution in [0, 0.1) is 0 Å². The molecule has 0 aromatic rings. The first kappa shape index (κ1) is 11.5. The van der Waals surface area contributed by atoms with Crippen LogP contribution in [0.4, 0.5) is 0 Å². The number of alkyl halides is 3. The van der Waals surface area contributed by atoms with Crippen LogP contribution >= 0.6 is 34.8 Å². The minimum atomic E-state index is -1.55. The monoisotopic (exact) mass is 217 g/mol. The van der Waals surface area contributed by atoms with Crippen molar-refractivity contribution in [2.45, 2.75) is 16.9 Å². The molecule has 5 heteroatoms. The lowest BCUT2D eigenvalue weighted by atomic mass is 10.5. The van der Waals surface area contributed by atoms with Gasteiger partial charge >= 0.3 is 0 Å². The van der Waals surface area contributed by atoms with Crippen molar-refractivity contribution >= 4 is 34.8 Å². The highest BCUT2D eigenvalue weighted by Crippen LogP contribution is 2.29. The fourth-order valence-corrected chi connectivity index (χ4v) is 0.539. The average molecular weight is 219 g/mol. The van der Waals surface area contributed by atoms with Gasteiger partial charge in [0.05, 0.1) is 6.61 Å². The third kappa shape index (κ3) is 5.76. The van der Waals surface area contributed by atoms with E-state index in [2.05, 4.69) is 0 Å². The van der Waals surface area contributed by atoms with Gasteiger partial charge in [0, 0.05) is 0 Å². The summed E-state index contributed by atoms with van der Waals surface area (Å²) >= 11 is 16.3. The van der Waals surface area contributed by atoms with E-state index in [9.17, 15) is 0 Å². The van der Waals surface area contributed by atoms with E-state index in [0.29, 0.717) is 6.61 Å². The molecule has 2 nitrogen and oxygen atoms in total. The fraction of sp³-hybridized carbons (Fsp3) is 0.667. The van der Waals surface area contributed by atoms with Gasteiger partial charge in [-0.05, 0) is 6.92 Å². The Hall–Kier alpha value is 0.530. The highest BCUT2D eigenvalue weighted by Gasteiger charge is 2.29. The Morgan fingerprint density at radius 2 is 2.09 bits per heavy atom. The molecule has 2 N–H and O–H groups in total. The molecule has 0 fully saturated rings. The van der Waals surface area contributed by atoms with Crippen LogP contribution in [-0.4, -0.2) is 16.6 Å². The van der Waals surface area contributed by atoms with Gasteiger partial charge in [-0.2, -0.15) is 0 Å². The van der Waals surface area contributed by atoms with Crippen LogP contribution in [0.3, 0.4) is 0 Å². The van der Waals surface area contributed by atoms with E-state index in [0.717, 1.165) is 0 Å². The summed E-state index contributed by atoms with van der Waals surface area (Å²) in [5.74, 6) is 0. The number of ether oxygens (including phenoxy) is 1. The summed E-state index contributed by atoms with van der Waals surface area (Å²) in [6.07, 6.45) is 2.71. The van der Waals surface area contributed by atoms with E-state index in [-0.39, 0.29) is 0 Å². The molecule has 0 amide bonds. The van der Waals surface area contributed by atoms with Crippen molar-refractivity contribution in [3.8, 4) is 0 Å². The molecule has 0 rings (SSSR count). The maximum Gasteiger partial charge on any atom is 0.229 e. The van der Waals surface area contributed by atoms with Crippen molar-refractivity contribution < 1.29 is 4.74 Å². The molecule has 0 saturated carbocycles. The molecule has 11 heavy (non-hydrogen) atoms. The van der Waals surface area contributed by atoms with E-state index in [4.69, 9.17) is 45.3 Å². The molecule has 0 aliphatic heterocycles. The summed E-state index contributed by atoms with van der Waals surface area (Å²) < 4.78 is 3.39. The Bertz CT molecular complexity index is 132. The summed E-state index contributed by atoms with van der Waals surface area (Å²) in [5.41, 5.74) is 5.34. The Balaban J connectivity index is 3.61. The summed E-state index contributed by atoms with van der Waals surface area (Å²) in [5, 5.41) is 0. The second-order valence-electron chi connectivity index (χ2n) is 1.86. The van der Waals surface area contributed by atoms with Crippen LogP contribution in [0.1, 0.15) is 6.92 Å². The van der Waals surface area contributed by atoms with Crippen LogP contribution < -0.4 is 5.73 Å². The van der Waals surface area contributed by atoms with Gasteiger partial charge in [-0.25, -0.2) is 0 Å². The minimum absolute atomic E-state index is 0.353. The molecule has 0 aromatic heterocycles. The van der Waals surface area contributed by atoms with Crippen LogP contribution in [-0.2, 0) is 4.74 Å². The zero-order chi connectivity index (χ0) is 8.91. The predicted molar refractivity (Wildman–Crippen MR) is 49.0 cm³/mol. The zero-order valence-electron chi connectivity index (χ0n) is 6.06. The van der Waals surface area contributed by atoms with Crippen molar-refractivity contribution in [2.75, 3.05) is 6.61 Å². The third-order valence-corrected chi connectivity index (χ3v) is 1.58. The van der Waals surface area contributed by atoms with Gasteiger partial charge < -0.3 is 10.5 Å². The molecule has 0 aromatic carbocycles. The predicted octanol–water partition coefficient (Wildman–Crippen LogP) is 2.23. The standard InChI is InChI=1S/C6H10Cl3NO/c1-2-3-4-11-5(10)6(7,8)9/h2-3,5H,4,10H2,1H3/b3-2+. The average Bonchev–Trinajstić information content (AvgIpc) is 1.86. The quantitative estimate of drug-likeness (QED) is 0.448. The van der Waals surface area contributed by atoms with Gasteiger partial charge in [0.2, 0.25) is 3.79 Å². The van der Waals surface area contributed by atoms with Gasteiger partial charge in [-0.15, -0.1) is 0 Å². The normalized spacial score (nSPS) is 15.7. The van der Waals surface area contributed by atoms with Crippen molar-refractivity contribution in [1.29, 1.82) is 0 Å². The smallest absolute Gasteiger partial charge is 0.229 e. The van der Waals surface area contributed by atoms with Gasteiger partial charge in [0.1, 0.15) is 0 Å². The summed E-state index contributed by atoms with van der Waals surface area (Å²) in [6, 6.07) is 0. The van der Waals surface area contributed by atoms with Crippen molar-refractivity contribution in [3.63, 3.8) is 0 Å². The minimum Gasteiger partial charge on any atom is -0.355 e. The number of hydrogen-bond donors (Lipinski definition) is 1. The number of nitrogens with two attached hydrogens (primary N) is 1. The van der Waals surface area contributed by atoms with E-state index in [1.807, 2.05) is 13.0 Å². The van der Waals surface area contributed by atoms with Crippen molar-refractivity contribution in [3.05, 3.63) is 12.2 Å². The number of allylic oxidation sites excluding steroid dienone is 1. The van der Waals surface area contributed by atoms with Gasteiger partial charge in [-0.1, -0.05) is 47.0 Å². The van der Waals surface area contributed by atoms with Gasteiger partial charge in [0.15, 0.2) is 6.23 Å². The molecule has 0 bridgehead atoms. The molecular weight excluding hydrogens is 208 g/mol. The maximum absolute atomic E-state index is 5.42. The first-order valence-corrected chi connectivity index (χ1v) is 4.17. The molecular formula is C6H10Cl3NO. The second-order valence-corrected chi connectivity index (χ2v) is 4.23. The largest absolute Gasteiger partial charge is 0.355 e. The SMILES string of the molecule is C/C=C/COC(N)C(Cl)(Cl)Cl. The third-order valence-electron chi connectivity index (χ3n) is 0.930. The first-order chi connectivity index (χ1) is 4.98. The Kier molecular flexibility index (Phi) is 5.48.